The van der Waals surface area contributed by atoms with E-state index < -0.39 is 10.0 Å². The lowest BCUT2D eigenvalue weighted by molar-refractivity contribution is 0.475. The lowest BCUT2D eigenvalue weighted by Crippen LogP contribution is -2.09. The van der Waals surface area contributed by atoms with Crippen molar-refractivity contribution in [1.82, 2.24) is 0 Å². The van der Waals surface area contributed by atoms with E-state index in [1.54, 1.807) is 36.4 Å². The fourth-order valence-electron chi connectivity index (χ4n) is 1.66. The summed E-state index contributed by atoms with van der Waals surface area (Å²) in [7, 11) is -3.28. The summed E-state index contributed by atoms with van der Waals surface area (Å²) in [5.41, 5.74) is 2.16. The highest BCUT2D eigenvalue weighted by molar-refractivity contribution is 7.92. The van der Waals surface area contributed by atoms with E-state index in [-0.39, 0.29) is 5.75 Å². The second kappa shape index (κ2) is 4.70. The minimum absolute atomic E-state index is 0.175. The topological polar surface area (TPSA) is 66.4 Å². The van der Waals surface area contributed by atoms with Crippen molar-refractivity contribution in [2.24, 2.45) is 0 Å². The summed E-state index contributed by atoms with van der Waals surface area (Å²) in [6, 6.07) is 13.8. The molecule has 0 radical (unpaired) electrons. The highest BCUT2D eigenvalue weighted by atomic mass is 32.2. The second-order valence-electron chi connectivity index (χ2n) is 4.01. The van der Waals surface area contributed by atoms with E-state index in [4.69, 9.17) is 0 Å². The Labute approximate surface area is 106 Å². The summed E-state index contributed by atoms with van der Waals surface area (Å²) in [6.45, 7) is 0. The van der Waals surface area contributed by atoms with Crippen LogP contribution in [0, 0.1) is 0 Å². The van der Waals surface area contributed by atoms with Crippen molar-refractivity contribution >= 4 is 15.7 Å². The van der Waals surface area contributed by atoms with Gasteiger partial charge in [0.2, 0.25) is 10.0 Å². The van der Waals surface area contributed by atoms with E-state index in [1.807, 2.05) is 12.1 Å². The van der Waals surface area contributed by atoms with Gasteiger partial charge in [-0.05, 0) is 35.4 Å². The summed E-state index contributed by atoms with van der Waals surface area (Å²) in [5.74, 6) is 0.175. The molecule has 0 bridgehead atoms. The Morgan fingerprint density at radius 1 is 1.00 bits per heavy atom. The summed E-state index contributed by atoms with van der Waals surface area (Å²) >= 11 is 0. The summed E-state index contributed by atoms with van der Waals surface area (Å²) in [6.07, 6.45) is 1.11. The molecule has 2 aromatic carbocycles. The molecule has 0 aliphatic heterocycles. The van der Waals surface area contributed by atoms with Gasteiger partial charge in [-0.1, -0.05) is 24.3 Å². The van der Waals surface area contributed by atoms with Crippen LogP contribution in [0.4, 0.5) is 5.69 Å². The van der Waals surface area contributed by atoms with Crippen LogP contribution in [0.1, 0.15) is 0 Å². The molecule has 2 rings (SSSR count). The van der Waals surface area contributed by atoms with Gasteiger partial charge < -0.3 is 5.11 Å². The minimum Gasteiger partial charge on any atom is -0.508 e. The van der Waals surface area contributed by atoms with E-state index in [9.17, 15) is 13.5 Å². The van der Waals surface area contributed by atoms with Crippen molar-refractivity contribution in [3.05, 3.63) is 48.5 Å². The molecule has 4 nitrogen and oxygen atoms in total. The molecule has 0 spiro atoms. The highest BCUT2D eigenvalue weighted by Gasteiger charge is 2.04. The number of sulfonamides is 1. The Hall–Kier alpha value is -2.01. The van der Waals surface area contributed by atoms with Crippen LogP contribution in [-0.4, -0.2) is 19.8 Å². The molecular weight excluding hydrogens is 250 g/mol. The van der Waals surface area contributed by atoms with Crippen LogP contribution in [0.5, 0.6) is 5.75 Å². The quantitative estimate of drug-likeness (QED) is 0.893. The fourth-order valence-corrected chi connectivity index (χ4v) is 2.22. The third kappa shape index (κ3) is 3.24. The number of nitrogens with one attached hydrogen (secondary N) is 1. The largest absolute Gasteiger partial charge is 0.508 e. The molecule has 18 heavy (non-hydrogen) atoms. The summed E-state index contributed by atoms with van der Waals surface area (Å²) in [5, 5.41) is 9.42. The predicted octanol–water partition coefficient (Wildman–Crippen LogP) is 2.43. The second-order valence-corrected chi connectivity index (χ2v) is 5.75. The van der Waals surface area contributed by atoms with Crippen LogP contribution in [0.15, 0.2) is 48.5 Å². The van der Waals surface area contributed by atoms with Gasteiger partial charge in [0.1, 0.15) is 5.75 Å². The minimum atomic E-state index is -3.28. The first-order valence-electron chi connectivity index (χ1n) is 5.31. The molecule has 0 saturated carbocycles. The normalized spacial score (nSPS) is 11.2. The zero-order chi connectivity index (χ0) is 13.2. The van der Waals surface area contributed by atoms with Crippen molar-refractivity contribution in [2.45, 2.75) is 0 Å². The molecule has 0 aromatic heterocycles. The Morgan fingerprint density at radius 3 is 2.22 bits per heavy atom. The van der Waals surface area contributed by atoms with Gasteiger partial charge in [0.05, 0.1) is 6.26 Å². The number of aromatic hydroxyl groups is 1. The van der Waals surface area contributed by atoms with Crippen molar-refractivity contribution in [1.29, 1.82) is 0 Å². The maximum atomic E-state index is 11.2. The van der Waals surface area contributed by atoms with Gasteiger partial charge >= 0.3 is 0 Å². The molecule has 94 valence electrons. The average Bonchev–Trinajstić information content (AvgIpc) is 2.27. The Balaban J connectivity index is 2.38. The standard InChI is InChI=1S/C13H13NO3S/c1-18(16,17)14-12-6-2-4-10(8-12)11-5-3-7-13(15)9-11/h2-9,14-15H,1H3. The van der Waals surface area contributed by atoms with Crippen molar-refractivity contribution in [3.63, 3.8) is 0 Å². The highest BCUT2D eigenvalue weighted by Crippen LogP contribution is 2.25. The number of rotatable bonds is 3. The Bertz CT molecular complexity index is 665. The number of hydrogen-bond donors (Lipinski definition) is 2. The maximum absolute atomic E-state index is 11.2. The first kappa shape index (κ1) is 12.4. The molecular formula is C13H13NO3S. The zero-order valence-electron chi connectivity index (χ0n) is 9.79. The fraction of sp³-hybridized carbons (Fsp3) is 0.0769. The molecule has 2 aromatic rings. The van der Waals surface area contributed by atoms with Gasteiger partial charge in [-0.3, -0.25) is 4.72 Å². The molecule has 0 unspecified atom stereocenters. The molecule has 0 amide bonds. The number of benzene rings is 2. The summed E-state index contributed by atoms with van der Waals surface area (Å²) < 4.78 is 24.7. The van der Waals surface area contributed by atoms with E-state index in [0.29, 0.717) is 5.69 Å². The first-order valence-corrected chi connectivity index (χ1v) is 7.20. The Kier molecular flexibility index (Phi) is 3.25. The van der Waals surface area contributed by atoms with Gasteiger partial charge in [-0.15, -0.1) is 0 Å². The van der Waals surface area contributed by atoms with Gasteiger partial charge in [-0.2, -0.15) is 0 Å². The Morgan fingerprint density at radius 2 is 1.61 bits per heavy atom. The van der Waals surface area contributed by atoms with Crippen LogP contribution >= 0.6 is 0 Å². The van der Waals surface area contributed by atoms with E-state index in [2.05, 4.69) is 4.72 Å². The third-order valence-electron chi connectivity index (χ3n) is 2.35. The van der Waals surface area contributed by atoms with Gasteiger partial charge in [0, 0.05) is 5.69 Å². The van der Waals surface area contributed by atoms with Crippen LogP contribution < -0.4 is 4.72 Å². The van der Waals surface area contributed by atoms with Crippen molar-refractivity contribution in [3.8, 4) is 16.9 Å². The number of hydrogen-bond acceptors (Lipinski definition) is 3. The van der Waals surface area contributed by atoms with Crippen LogP contribution in [-0.2, 0) is 10.0 Å². The molecule has 0 aliphatic rings. The molecule has 2 N–H and O–H groups in total. The molecule has 0 saturated heterocycles. The third-order valence-corrected chi connectivity index (χ3v) is 2.95. The lowest BCUT2D eigenvalue weighted by Gasteiger charge is -2.07. The SMILES string of the molecule is CS(=O)(=O)Nc1cccc(-c2cccc(O)c2)c1. The predicted molar refractivity (Wildman–Crippen MR) is 72.0 cm³/mol. The molecule has 0 atom stereocenters. The van der Waals surface area contributed by atoms with Crippen molar-refractivity contribution < 1.29 is 13.5 Å². The van der Waals surface area contributed by atoms with Crippen molar-refractivity contribution in [2.75, 3.05) is 11.0 Å². The van der Waals surface area contributed by atoms with E-state index >= 15 is 0 Å². The first-order chi connectivity index (χ1) is 8.44. The number of phenolic OH excluding ortho intramolecular Hbond substituents is 1. The van der Waals surface area contributed by atoms with Gasteiger partial charge in [0.25, 0.3) is 0 Å². The summed E-state index contributed by atoms with van der Waals surface area (Å²) in [4.78, 5) is 0. The van der Waals surface area contributed by atoms with Crippen LogP contribution in [0.3, 0.4) is 0 Å². The van der Waals surface area contributed by atoms with E-state index in [0.717, 1.165) is 17.4 Å². The molecule has 0 fully saturated rings. The molecule has 0 heterocycles. The monoisotopic (exact) mass is 263 g/mol. The van der Waals surface area contributed by atoms with E-state index in [1.165, 1.54) is 0 Å². The molecule has 0 aliphatic carbocycles. The lowest BCUT2D eigenvalue weighted by atomic mass is 10.1. The zero-order valence-corrected chi connectivity index (χ0v) is 10.6. The average molecular weight is 263 g/mol. The molecule has 5 heteroatoms. The number of phenols is 1. The van der Waals surface area contributed by atoms with Gasteiger partial charge in [-0.25, -0.2) is 8.42 Å². The van der Waals surface area contributed by atoms with Gasteiger partial charge in [0.15, 0.2) is 0 Å². The van der Waals surface area contributed by atoms with Crippen LogP contribution in [0.2, 0.25) is 0 Å². The maximum Gasteiger partial charge on any atom is 0.229 e. The number of anilines is 1. The smallest absolute Gasteiger partial charge is 0.229 e. The van der Waals surface area contributed by atoms with Crippen LogP contribution in [0.25, 0.3) is 11.1 Å².